The molecule has 55 heavy (non-hydrogen) atoms. The van der Waals surface area contributed by atoms with Crippen LogP contribution in [0.5, 0.6) is 5.75 Å². The number of rotatable bonds is 17. The van der Waals surface area contributed by atoms with Gasteiger partial charge < -0.3 is 28.3 Å². The summed E-state index contributed by atoms with van der Waals surface area (Å²) in [6.45, 7) is 0. The Bertz CT molecular complexity index is 2370. The molecule has 0 saturated carbocycles. The molecule has 1 N–H and O–H groups in total. The molecule has 276 valence electrons. The molecule has 0 fully saturated rings. The third-order valence-corrected chi connectivity index (χ3v) is 11.6. The zero-order chi connectivity index (χ0) is 37.6. The number of fused-ring (bicyclic) bond motifs is 1. The van der Waals surface area contributed by atoms with Gasteiger partial charge in [-0.3, -0.25) is 0 Å². The third-order valence-electron chi connectivity index (χ3n) is 6.28. The molecule has 0 aliphatic carbocycles. The van der Waals surface area contributed by atoms with Gasteiger partial charge in [0.25, 0.3) is 0 Å². The van der Waals surface area contributed by atoms with Gasteiger partial charge in [-0.15, -0.1) is 0 Å². The number of nitrogens with one attached hydrogen (secondary N) is 1. The normalized spacial score (nSPS) is 11.9. The predicted octanol–water partition coefficient (Wildman–Crippen LogP) is -9.18. The van der Waals surface area contributed by atoms with E-state index in [1.807, 2.05) is 0 Å². The van der Waals surface area contributed by atoms with E-state index in [1.54, 1.807) is 0 Å². The van der Waals surface area contributed by atoms with E-state index in [2.05, 4.69) is 30.5 Å². The molecule has 3 aromatic carbocycles. The van der Waals surface area contributed by atoms with Crippen LogP contribution in [-0.2, 0) is 46.2 Å². The summed E-state index contributed by atoms with van der Waals surface area (Å²) in [5.41, 5.74) is 0.660. The van der Waals surface area contributed by atoms with Crippen LogP contribution in [0.15, 0.2) is 73.7 Å². The SMILES string of the molecule is COc1cc(N=Nc2ccc3cc(S(=O)(=O)[O-])cc(S(=O)(=O)[O-])c3c2)ccc1Nc1nc(CSCCS(=O)(=O)[O-])nc(SCCCS(=O)(=O)[O-])n1.[Na+].[Na+].[Na+].[Na+]. The van der Waals surface area contributed by atoms with Gasteiger partial charge in [-0.05, 0) is 48.2 Å². The Morgan fingerprint density at radius 1 is 0.727 bits per heavy atom. The number of thioether (sulfide) groups is 2. The molecule has 29 heteroatoms. The van der Waals surface area contributed by atoms with Gasteiger partial charge in [-0.25, -0.2) is 38.7 Å². The van der Waals surface area contributed by atoms with E-state index in [4.69, 9.17) is 4.74 Å². The van der Waals surface area contributed by atoms with Crippen molar-refractivity contribution in [3.8, 4) is 5.75 Å². The summed E-state index contributed by atoms with van der Waals surface area (Å²) in [5.74, 6) is -0.454. The van der Waals surface area contributed by atoms with Gasteiger partial charge in [0.15, 0.2) is 5.16 Å². The first-order valence-corrected chi connectivity index (χ1v) is 22.0. The van der Waals surface area contributed by atoms with E-state index < -0.39 is 61.8 Å². The van der Waals surface area contributed by atoms with Crippen molar-refractivity contribution in [2.75, 3.05) is 35.4 Å². The Morgan fingerprint density at radius 3 is 1.93 bits per heavy atom. The third kappa shape index (κ3) is 18.7. The molecule has 4 rings (SSSR count). The first-order valence-electron chi connectivity index (χ1n) is 13.9. The van der Waals surface area contributed by atoms with Crippen LogP contribution in [0, 0.1) is 0 Å². The summed E-state index contributed by atoms with van der Waals surface area (Å²) in [5, 5.41) is 11.1. The van der Waals surface area contributed by atoms with Gasteiger partial charge in [-0.2, -0.15) is 32.0 Å². The van der Waals surface area contributed by atoms with Crippen molar-refractivity contribution in [1.29, 1.82) is 0 Å². The number of azo groups is 1. The standard InChI is InChI=1S/C26H28N6O13S6.4Na/c1-45-22-13-18(32-31-17-4-3-16-11-19(50(39,40)41)14-23(20(16)12-17)51(42,43)44)5-6-21(22)27-25-28-24(15-46-8-10-49(36,37)38)29-26(30-25)47-7-2-9-48(33,34)35;;;;/h3-6,11-14H,2,7-10,15H2,1H3,(H,33,34,35)(H,36,37,38)(H,39,40,41)(H,42,43,44)(H,27,28,29,30);;;;/q;4*+1/p-4. The summed E-state index contributed by atoms with van der Waals surface area (Å²) in [6.07, 6.45) is 0.0328. The van der Waals surface area contributed by atoms with Crippen molar-refractivity contribution in [3.05, 3.63) is 54.4 Å². The second-order valence-corrected chi connectivity index (χ2v) is 18.0. The molecule has 0 radical (unpaired) electrons. The Hall–Kier alpha value is 0.470. The van der Waals surface area contributed by atoms with Crippen molar-refractivity contribution in [2.24, 2.45) is 10.2 Å². The second-order valence-electron chi connectivity index (χ2n) is 10.1. The van der Waals surface area contributed by atoms with E-state index in [0.29, 0.717) is 11.8 Å². The topological polar surface area (TPSA) is 313 Å². The van der Waals surface area contributed by atoms with E-state index in [0.717, 1.165) is 29.6 Å². The van der Waals surface area contributed by atoms with Gasteiger partial charge in [-0.1, -0.05) is 17.8 Å². The fourth-order valence-electron chi connectivity index (χ4n) is 4.09. The second kappa shape index (κ2) is 24.0. The Kier molecular flexibility index (Phi) is 24.3. The van der Waals surface area contributed by atoms with Crippen molar-refractivity contribution >= 4 is 97.8 Å². The van der Waals surface area contributed by atoms with Crippen molar-refractivity contribution in [1.82, 2.24) is 15.0 Å². The molecule has 1 heterocycles. The largest absolute Gasteiger partial charge is 1.00 e. The molecule has 1 aromatic heterocycles. The molecule has 0 bridgehead atoms. The maximum Gasteiger partial charge on any atom is 1.00 e. The molecule has 4 aromatic rings. The minimum absolute atomic E-state index is 0. The number of anilines is 2. The Morgan fingerprint density at radius 2 is 1.35 bits per heavy atom. The zero-order valence-electron chi connectivity index (χ0n) is 29.9. The molecular formula is C26H24N6Na4O13S6. The minimum atomic E-state index is -5.20. The summed E-state index contributed by atoms with van der Waals surface area (Å²) in [6, 6.07) is 9.74. The number of methoxy groups -OCH3 is 1. The van der Waals surface area contributed by atoms with Crippen molar-refractivity contribution in [2.45, 2.75) is 27.1 Å². The molecule has 0 aliphatic rings. The van der Waals surface area contributed by atoms with Crippen molar-refractivity contribution in [3.63, 3.8) is 0 Å². The Balaban J connectivity index is 0.00000729. The van der Waals surface area contributed by atoms with Crippen LogP contribution in [0.3, 0.4) is 0 Å². The van der Waals surface area contributed by atoms with Crippen molar-refractivity contribution < 1.29 is 175 Å². The van der Waals surface area contributed by atoms with E-state index in [1.165, 1.54) is 43.5 Å². The van der Waals surface area contributed by atoms with Gasteiger partial charge in [0.05, 0.1) is 60.0 Å². The van der Waals surface area contributed by atoms with Crippen LogP contribution >= 0.6 is 23.5 Å². The number of hydrogen-bond donors (Lipinski definition) is 1. The van der Waals surface area contributed by atoms with Gasteiger partial charge >= 0.3 is 118 Å². The monoisotopic (exact) mass is 912 g/mol. The number of nitrogens with zero attached hydrogens (tertiary/aromatic N) is 5. The predicted molar refractivity (Wildman–Crippen MR) is 181 cm³/mol. The van der Waals surface area contributed by atoms with Crippen LogP contribution in [-0.4, -0.2) is 97.0 Å². The summed E-state index contributed by atoms with van der Waals surface area (Å²) < 4.78 is 141. The van der Waals surface area contributed by atoms with Crippen LogP contribution in [0.4, 0.5) is 23.0 Å². The number of benzene rings is 3. The molecular weight excluding hydrogens is 889 g/mol. The first-order chi connectivity index (χ1) is 23.7. The summed E-state index contributed by atoms with van der Waals surface area (Å²) in [4.78, 5) is 11.1. The maximum absolute atomic E-state index is 11.9. The number of hydrogen-bond acceptors (Lipinski definition) is 21. The minimum Gasteiger partial charge on any atom is -0.748 e. The molecule has 0 atom stereocenters. The van der Waals surface area contributed by atoms with Crippen LogP contribution < -0.4 is 128 Å². The molecule has 0 spiro atoms. The first kappa shape index (κ1) is 55.5. The quantitative estimate of drug-likeness (QED) is 0.0338. The molecule has 0 amide bonds. The average molecular weight is 913 g/mol. The van der Waals surface area contributed by atoms with Crippen LogP contribution in [0.1, 0.15) is 12.2 Å². The summed E-state index contributed by atoms with van der Waals surface area (Å²) in [7, 11) is -17.7. The number of ether oxygens (including phenoxy) is 1. The number of aromatic nitrogens is 3. The molecule has 19 nitrogen and oxygen atoms in total. The van der Waals surface area contributed by atoms with E-state index >= 15 is 0 Å². The zero-order valence-corrected chi connectivity index (χ0v) is 42.8. The fourth-order valence-corrected chi connectivity index (χ4v) is 8.63. The molecule has 0 unspecified atom stereocenters. The fraction of sp³-hybridized carbons (Fsp3) is 0.269. The summed E-state index contributed by atoms with van der Waals surface area (Å²) >= 11 is 2.14. The van der Waals surface area contributed by atoms with Crippen LogP contribution in [0.2, 0.25) is 0 Å². The smallest absolute Gasteiger partial charge is 0.748 e. The van der Waals surface area contributed by atoms with Crippen LogP contribution in [0.25, 0.3) is 10.8 Å². The maximum atomic E-state index is 11.9. The van der Waals surface area contributed by atoms with E-state index in [9.17, 15) is 51.9 Å². The Labute approximate surface area is 414 Å². The molecule has 0 aliphatic heterocycles. The van der Waals surface area contributed by atoms with Gasteiger partial charge in [0.1, 0.15) is 31.8 Å². The van der Waals surface area contributed by atoms with Gasteiger partial charge in [0.2, 0.25) is 5.95 Å². The molecule has 0 saturated heterocycles. The van der Waals surface area contributed by atoms with E-state index in [-0.39, 0.29) is 187 Å². The average Bonchev–Trinajstić information content (AvgIpc) is 3.02. The van der Waals surface area contributed by atoms with Gasteiger partial charge in [0, 0.05) is 34.5 Å².